The summed E-state index contributed by atoms with van der Waals surface area (Å²) in [7, 11) is 2.89. The normalized spacial score (nSPS) is 27.2. The van der Waals surface area contributed by atoms with Crippen molar-refractivity contribution >= 4 is 23.4 Å². The van der Waals surface area contributed by atoms with Gasteiger partial charge in [0.05, 0.1) is 25.8 Å². The molecule has 1 aliphatic carbocycles. The Labute approximate surface area is 187 Å². The molecule has 0 radical (unpaired) electrons. The quantitative estimate of drug-likeness (QED) is 0.678. The fourth-order valence-electron chi connectivity index (χ4n) is 4.29. The van der Waals surface area contributed by atoms with Crippen molar-refractivity contribution < 1.29 is 27.8 Å². The Morgan fingerprint density at radius 2 is 2.09 bits per heavy atom. The van der Waals surface area contributed by atoms with Crippen LogP contribution in [0.5, 0.6) is 5.75 Å². The van der Waals surface area contributed by atoms with Crippen LogP contribution >= 0.6 is 11.6 Å². The summed E-state index contributed by atoms with van der Waals surface area (Å²) in [5.74, 6) is -2.21. The zero-order valence-electron chi connectivity index (χ0n) is 17.4. The summed E-state index contributed by atoms with van der Waals surface area (Å²) < 4.78 is 40.0. The van der Waals surface area contributed by atoms with Crippen LogP contribution in [0.4, 0.5) is 8.78 Å². The van der Waals surface area contributed by atoms with E-state index in [0.717, 1.165) is 6.08 Å². The molecule has 3 aliphatic rings. The second kappa shape index (κ2) is 8.67. The Morgan fingerprint density at radius 3 is 2.81 bits per heavy atom. The number of halogens is 3. The van der Waals surface area contributed by atoms with E-state index in [-0.39, 0.29) is 41.2 Å². The second-order valence-corrected chi connectivity index (χ2v) is 8.32. The van der Waals surface area contributed by atoms with E-state index in [1.165, 1.54) is 24.3 Å². The maximum Gasteiger partial charge on any atom is 0.274 e. The summed E-state index contributed by atoms with van der Waals surface area (Å²) in [6.45, 7) is 0.532. The van der Waals surface area contributed by atoms with Gasteiger partial charge in [0.2, 0.25) is 5.43 Å². The van der Waals surface area contributed by atoms with Crippen molar-refractivity contribution in [3.05, 3.63) is 51.2 Å². The molecule has 11 heteroatoms. The van der Waals surface area contributed by atoms with E-state index in [4.69, 9.17) is 21.1 Å². The lowest BCUT2D eigenvalue weighted by Gasteiger charge is -2.44. The zero-order chi connectivity index (χ0) is 23.2. The van der Waals surface area contributed by atoms with Crippen molar-refractivity contribution in [2.45, 2.75) is 30.1 Å². The monoisotopic (exact) mass is 469 g/mol. The third-order valence-corrected chi connectivity index (χ3v) is 6.52. The molecule has 1 aromatic rings. The first kappa shape index (κ1) is 22.5. The fraction of sp³-hybridized carbons (Fsp3) is 0.476. The zero-order valence-corrected chi connectivity index (χ0v) is 18.2. The minimum absolute atomic E-state index is 0.0732. The molecule has 4 rings (SSSR count). The molecule has 2 unspecified atom stereocenters. The number of nitrogens with one attached hydrogen (secondary N) is 1. The first-order valence-electron chi connectivity index (χ1n) is 10.1. The van der Waals surface area contributed by atoms with Gasteiger partial charge in [-0.2, -0.15) is 0 Å². The SMILES string of the molecule is COc1c2n(cc(C(=O)NCC3=CC=C(F)C(Cl)C3F)c1=O)[C@@H]1CCOC[C@H]1N(C)C2=O. The van der Waals surface area contributed by atoms with E-state index in [9.17, 15) is 23.2 Å². The number of pyridine rings is 1. The first-order chi connectivity index (χ1) is 15.3. The van der Waals surface area contributed by atoms with Gasteiger partial charge in [-0.05, 0) is 18.1 Å². The highest BCUT2D eigenvalue weighted by molar-refractivity contribution is 6.23. The van der Waals surface area contributed by atoms with Gasteiger partial charge < -0.3 is 24.3 Å². The second-order valence-electron chi connectivity index (χ2n) is 7.85. The smallest absolute Gasteiger partial charge is 0.274 e. The lowest BCUT2D eigenvalue weighted by molar-refractivity contribution is -0.0115. The summed E-state index contributed by atoms with van der Waals surface area (Å²) in [6, 6.07) is -0.460. The van der Waals surface area contributed by atoms with Crippen LogP contribution in [0.1, 0.15) is 33.3 Å². The van der Waals surface area contributed by atoms with Crippen LogP contribution in [0.2, 0.25) is 0 Å². The van der Waals surface area contributed by atoms with Crippen LogP contribution < -0.4 is 15.5 Å². The number of alkyl halides is 2. The van der Waals surface area contributed by atoms with E-state index in [1.807, 2.05) is 0 Å². The van der Waals surface area contributed by atoms with Gasteiger partial charge in [-0.25, -0.2) is 8.78 Å². The molecule has 0 bridgehead atoms. The van der Waals surface area contributed by atoms with Crippen LogP contribution in [0.3, 0.4) is 0 Å². The average molecular weight is 470 g/mol. The van der Waals surface area contributed by atoms with E-state index >= 15 is 0 Å². The third kappa shape index (κ3) is 3.61. The number of carbonyl (C=O) groups is 2. The minimum atomic E-state index is -1.81. The topological polar surface area (TPSA) is 89.9 Å². The van der Waals surface area contributed by atoms with Gasteiger partial charge in [0, 0.05) is 26.4 Å². The summed E-state index contributed by atoms with van der Waals surface area (Å²) in [6.07, 6.45) is 2.36. The highest BCUT2D eigenvalue weighted by Crippen LogP contribution is 2.34. The molecule has 0 aromatic carbocycles. The Morgan fingerprint density at radius 1 is 1.34 bits per heavy atom. The molecule has 0 saturated carbocycles. The van der Waals surface area contributed by atoms with Gasteiger partial charge in [-0.15, -0.1) is 11.6 Å². The minimum Gasteiger partial charge on any atom is -0.491 e. The summed E-state index contributed by atoms with van der Waals surface area (Å²) in [4.78, 5) is 40.3. The van der Waals surface area contributed by atoms with Crippen LogP contribution in [0.25, 0.3) is 0 Å². The number of allylic oxidation sites excluding steroid dienone is 3. The maximum atomic E-state index is 14.3. The number of ether oxygens (including phenoxy) is 2. The molecule has 1 aromatic heterocycles. The number of methoxy groups -OCH3 is 1. The predicted octanol–water partition coefficient (Wildman–Crippen LogP) is 1.74. The van der Waals surface area contributed by atoms with Gasteiger partial charge in [0.25, 0.3) is 11.8 Å². The number of rotatable bonds is 4. The van der Waals surface area contributed by atoms with Crippen molar-refractivity contribution in [3.63, 3.8) is 0 Å². The van der Waals surface area contributed by atoms with Crippen LogP contribution in [0.15, 0.2) is 34.5 Å². The highest BCUT2D eigenvalue weighted by Gasteiger charge is 2.42. The molecule has 1 saturated heterocycles. The van der Waals surface area contributed by atoms with Crippen molar-refractivity contribution in [3.8, 4) is 5.75 Å². The van der Waals surface area contributed by atoms with Crippen LogP contribution in [-0.2, 0) is 4.74 Å². The molecular weight excluding hydrogens is 448 g/mol. The van der Waals surface area contributed by atoms with Crippen LogP contribution in [0, 0.1) is 0 Å². The third-order valence-electron chi connectivity index (χ3n) is 6.09. The number of hydrogen-bond donors (Lipinski definition) is 1. The van der Waals surface area contributed by atoms with Gasteiger partial charge >= 0.3 is 0 Å². The maximum absolute atomic E-state index is 14.3. The van der Waals surface area contributed by atoms with Crippen molar-refractivity contribution in [1.29, 1.82) is 0 Å². The van der Waals surface area contributed by atoms with Gasteiger partial charge in [0.15, 0.2) is 11.4 Å². The molecule has 3 heterocycles. The van der Waals surface area contributed by atoms with Crippen molar-refractivity contribution in [2.24, 2.45) is 0 Å². The van der Waals surface area contributed by atoms with Gasteiger partial charge in [-0.3, -0.25) is 14.4 Å². The predicted molar refractivity (Wildman–Crippen MR) is 112 cm³/mol. The molecule has 0 spiro atoms. The first-order valence-corrected chi connectivity index (χ1v) is 10.5. The number of amides is 2. The Balaban J connectivity index is 1.68. The molecule has 8 nitrogen and oxygen atoms in total. The lowest BCUT2D eigenvalue weighted by atomic mass is 9.96. The Kier molecular flexibility index (Phi) is 6.09. The summed E-state index contributed by atoms with van der Waals surface area (Å²) in [5, 5.41) is 1.02. The largest absolute Gasteiger partial charge is 0.491 e. The number of nitrogens with zero attached hydrogens (tertiary/aromatic N) is 2. The van der Waals surface area contributed by atoms with E-state index in [0.29, 0.717) is 19.6 Å². The number of aromatic nitrogens is 1. The highest BCUT2D eigenvalue weighted by atomic mass is 35.5. The van der Waals surface area contributed by atoms with Gasteiger partial charge in [-0.1, -0.05) is 6.08 Å². The average Bonchev–Trinajstić information content (AvgIpc) is 2.80. The Hall–Kier alpha value is -2.72. The van der Waals surface area contributed by atoms with E-state index in [2.05, 4.69) is 5.32 Å². The Bertz CT molecular complexity index is 1090. The van der Waals surface area contributed by atoms with Crippen molar-refractivity contribution in [2.75, 3.05) is 33.9 Å². The molecule has 1 N–H and O–H groups in total. The summed E-state index contributed by atoms with van der Waals surface area (Å²) in [5.41, 5.74) is -0.849. The number of likely N-dealkylation sites (N-methyl/N-ethyl adjacent to an activating group) is 1. The molecular formula is C21H22ClF2N3O5. The molecule has 1 fully saturated rings. The number of fused-ring (bicyclic) bond motifs is 3. The molecule has 4 atom stereocenters. The number of hydrogen-bond acceptors (Lipinski definition) is 5. The van der Waals surface area contributed by atoms with E-state index < -0.39 is 34.6 Å². The molecule has 172 valence electrons. The van der Waals surface area contributed by atoms with Crippen molar-refractivity contribution in [1.82, 2.24) is 14.8 Å². The summed E-state index contributed by atoms with van der Waals surface area (Å²) >= 11 is 5.69. The molecule has 2 amide bonds. The molecule has 2 aliphatic heterocycles. The van der Waals surface area contributed by atoms with Crippen LogP contribution in [-0.4, -0.2) is 72.8 Å². The number of carbonyl (C=O) groups excluding carboxylic acids is 2. The fourth-order valence-corrected chi connectivity index (χ4v) is 4.52. The standard InChI is InChI=1S/C21H22ClF2N3O5/c1-26-14-9-32-6-5-13(14)27-8-11(18(28)19(31-2)17(27)21(26)30)20(29)25-7-10-3-4-12(23)15(22)16(10)24/h3-4,8,13-16H,5-7,9H2,1-2H3,(H,25,29)/t13-,14-,15?,16?/m1/s1. The molecule has 32 heavy (non-hydrogen) atoms. The van der Waals surface area contributed by atoms with E-state index in [1.54, 1.807) is 11.6 Å². The lowest BCUT2D eigenvalue weighted by Crippen LogP contribution is -2.54. The van der Waals surface area contributed by atoms with Gasteiger partial charge in [0.1, 0.15) is 22.9 Å².